The van der Waals surface area contributed by atoms with E-state index in [0.717, 1.165) is 24.9 Å². The molecule has 1 aromatic heterocycles. The standard InChI is InChI=1S/C22H24N2O/c1-15-7-9-17(10-8-15)13-20(25)23-14-22(11-12-22)21-16(2)24-19-6-4-3-5-18(19)21/h3-10,24H,11-14H2,1-2H3,(H,23,25). The number of carbonyl (C=O) groups is 1. The summed E-state index contributed by atoms with van der Waals surface area (Å²) in [6.45, 7) is 4.92. The number of benzene rings is 2. The van der Waals surface area contributed by atoms with Crippen molar-refractivity contribution in [3.8, 4) is 0 Å². The highest BCUT2D eigenvalue weighted by Gasteiger charge is 2.46. The molecule has 1 heterocycles. The van der Waals surface area contributed by atoms with E-state index in [2.05, 4.69) is 60.5 Å². The molecule has 4 rings (SSSR count). The third kappa shape index (κ3) is 3.07. The summed E-state index contributed by atoms with van der Waals surface area (Å²) in [5.74, 6) is 0.104. The third-order valence-electron chi connectivity index (χ3n) is 5.39. The number of H-pyrrole nitrogens is 1. The summed E-state index contributed by atoms with van der Waals surface area (Å²) in [7, 11) is 0. The summed E-state index contributed by atoms with van der Waals surface area (Å²) in [6, 6.07) is 16.6. The highest BCUT2D eigenvalue weighted by Crippen LogP contribution is 2.51. The Hall–Kier alpha value is -2.55. The van der Waals surface area contributed by atoms with Gasteiger partial charge in [0.2, 0.25) is 5.91 Å². The Morgan fingerprint density at radius 1 is 1.08 bits per heavy atom. The average Bonchev–Trinajstić information content (AvgIpc) is 3.30. The molecule has 0 bridgehead atoms. The normalized spacial score (nSPS) is 15.3. The van der Waals surface area contributed by atoms with E-state index in [9.17, 15) is 4.79 Å². The van der Waals surface area contributed by atoms with E-state index >= 15 is 0 Å². The molecule has 0 atom stereocenters. The highest BCUT2D eigenvalue weighted by atomic mass is 16.1. The summed E-state index contributed by atoms with van der Waals surface area (Å²) in [6.07, 6.45) is 2.73. The molecule has 3 nitrogen and oxygen atoms in total. The molecule has 3 heteroatoms. The second-order valence-electron chi connectivity index (χ2n) is 7.39. The van der Waals surface area contributed by atoms with Crippen LogP contribution in [0.3, 0.4) is 0 Å². The van der Waals surface area contributed by atoms with Crippen LogP contribution in [0.1, 0.15) is 35.2 Å². The van der Waals surface area contributed by atoms with Crippen LogP contribution in [-0.2, 0) is 16.6 Å². The first kappa shape index (κ1) is 15.9. The fraction of sp³-hybridized carbons (Fsp3) is 0.318. The molecule has 2 N–H and O–H groups in total. The van der Waals surface area contributed by atoms with Crippen LogP contribution in [0.5, 0.6) is 0 Å². The Balaban J connectivity index is 1.47. The fourth-order valence-electron chi connectivity index (χ4n) is 3.85. The summed E-state index contributed by atoms with van der Waals surface area (Å²) in [5.41, 5.74) is 6.19. The number of aromatic nitrogens is 1. The van der Waals surface area contributed by atoms with Gasteiger partial charge in [0, 0.05) is 28.6 Å². The van der Waals surface area contributed by atoms with Crippen LogP contribution in [0, 0.1) is 13.8 Å². The SMILES string of the molecule is Cc1ccc(CC(=O)NCC2(c3c(C)[nH]c4ccccc34)CC2)cc1. The molecule has 1 fully saturated rings. The number of para-hydroxylation sites is 1. The van der Waals surface area contributed by atoms with Gasteiger partial charge in [-0.25, -0.2) is 0 Å². The van der Waals surface area contributed by atoms with E-state index in [-0.39, 0.29) is 11.3 Å². The maximum Gasteiger partial charge on any atom is 0.224 e. The molecule has 1 aliphatic carbocycles. The number of rotatable bonds is 5. The van der Waals surface area contributed by atoms with Gasteiger partial charge in [-0.1, -0.05) is 48.0 Å². The summed E-state index contributed by atoms with van der Waals surface area (Å²) >= 11 is 0. The zero-order chi connectivity index (χ0) is 17.4. The first-order valence-electron chi connectivity index (χ1n) is 8.97. The van der Waals surface area contributed by atoms with Gasteiger partial charge in [-0.2, -0.15) is 0 Å². The Labute approximate surface area is 148 Å². The van der Waals surface area contributed by atoms with Crippen molar-refractivity contribution in [1.82, 2.24) is 10.3 Å². The number of carbonyl (C=O) groups excluding carboxylic acids is 1. The lowest BCUT2D eigenvalue weighted by atomic mass is 9.93. The largest absolute Gasteiger partial charge is 0.358 e. The minimum Gasteiger partial charge on any atom is -0.358 e. The van der Waals surface area contributed by atoms with Gasteiger partial charge in [0.1, 0.15) is 0 Å². The molecule has 2 aromatic carbocycles. The predicted octanol–water partition coefficient (Wildman–Crippen LogP) is 4.18. The Morgan fingerprint density at radius 2 is 1.80 bits per heavy atom. The molecule has 0 spiro atoms. The quantitative estimate of drug-likeness (QED) is 0.723. The van der Waals surface area contributed by atoms with E-state index in [4.69, 9.17) is 0 Å². The van der Waals surface area contributed by atoms with Gasteiger partial charge in [-0.3, -0.25) is 4.79 Å². The van der Waals surface area contributed by atoms with Gasteiger partial charge in [-0.05, 0) is 43.9 Å². The topological polar surface area (TPSA) is 44.9 Å². The van der Waals surface area contributed by atoms with E-state index in [0.29, 0.717) is 6.42 Å². The second kappa shape index (κ2) is 6.07. The fourth-order valence-corrected chi connectivity index (χ4v) is 3.85. The number of aromatic amines is 1. The van der Waals surface area contributed by atoms with Gasteiger partial charge in [0.05, 0.1) is 6.42 Å². The molecule has 128 valence electrons. The van der Waals surface area contributed by atoms with Crippen molar-refractivity contribution in [3.05, 3.63) is 70.9 Å². The monoisotopic (exact) mass is 332 g/mol. The van der Waals surface area contributed by atoms with Crippen LogP contribution in [-0.4, -0.2) is 17.4 Å². The van der Waals surface area contributed by atoms with Gasteiger partial charge >= 0.3 is 0 Å². The highest BCUT2D eigenvalue weighted by molar-refractivity contribution is 5.86. The summed E-state index contributed by atoms with van der Waals surface area (Å²) in [5, 5.41) is 4.47. The first-order valence-corrected chi connectivity index (χ1v) is 8.97. The smallest absolute Gasteiger partial charge is 0.224 e. The van der Waals surface area contributed by atoms with Crippen LogP contribution in [0.2, 0.25) is 0 Å². The van der Waals surface area contributed by atoms with Crippen LogP contribution < -0.4 is 5.32 Å². The first-order chi connectivity index (χ1) is 12.1. The molecular weight excluding hydrogens is 308 g/mol. The molecular formula is C22H24N2O. The van der Waals surface area contributed by atoms with Crippen molar-refractivity contribution < 1.29 is 4.79 Å². The maximum absolute atomic E-state index is 12.4. The van der Waals surface area contributed by atoms with Gasteiger partial charge in [0.15, 0.2) is 0 Å². The molecule has 0 saturated heterocycles. The number of hydrogen-bond acceptors (Lipinski definition) is 1. The molecule has 1 aliphatic rings. The van der Waals surface area contributed by atoms with Crippen LogP contribution in [0.15, 0.2) is 48.5 Å². The van der Waals surface area contributed by atoms with Crippen LogP contribution in [0.4, 0.5) is 0 Å². The molecule has 0 unspecified atom stereocenters. The maximum atomic E-state index is 12.4. The number of aryl methyl sites for hydroxylation is 2. The molecule has 3 aromatic rings. The van der Waals surface area contributed by atoms with Gasteiger partial charge in [-0.15, -0.1) is 0 Å². The van der Waals surface area contributed by atoms with Crippen LogP contribution >= 0.6 is 0 Å². The van der Waals surface area contributed by atoms with Gasteiger partial charge < -0.3 is 10.3 Å². The predicted molar refractivity (Wildman–Crippen MR) is 102 cm³/mol. The molecule has 1 amide bonds. The number of amides is 1. The third-order valence-corrected chi connectivity index (χ3v) is 5.39. The van der Waals surface area contributed by atoms with Crippen molar-refractivity contribution in [2.75, 3.05) is 6.54 Å². The Bertz CT molecular complexity index is 917. The lowest BCUT2D eigenvalue weighted by molar-refractivity contribution is -0.120. The zero-order valence-corrected chi connectivity index (χ0v) is 14.9. The summed E-state index contributed by atoms with van der Waals surface area (Å²) in [4.78, 5) is 15.9. The van der Waals surface area contributed by atoms with Crippen molar-refractivity contribution in [2.45, 2.75) is 38.5 Å². The lowest BCUT2D eigenvalue weighted by Gasteiger charge is -2.17. The molecule has 0 aliphatic heterocycles. The van der Waals surface area contributed by atoms with E-state index < -0.39 is 0 Å². The second-order valence-corrected chi connectivity index (χ2v) is 7.39. The molecule has 25 heavy (non-hydrogen) atoms. The lowest BCUT2D eigenvalue weighted by Crippen LogP contribution is -2.33. The minimum absolute atomic E-state index is 0.104. The molecule has 1 saturated carbocycles. The van der Waals surface area contributed by atoms with Crippen LogP contribution in [0.25, 0.3) is 10.9 Å². The van der Waals surface area contributed by atoms with E-state index in [1.54, 1.807) is 0 Å². The minimum atomic E-state index is 0.104. The number of nitrogens with one attached hydrogen (secondary N) is 2. The molecule has 0 radical (unpaired) electrons. The van der Waals surface area contributed by atoms with Crippen molar-refractivity contribution in [2.24, 2.45) is 0 Å². The number of hydrogen-bond donors (Lipinski definition) is 2. The summed E-state index contributed by atoms with van der Waals surface area (Å²) < 4.78 is 0. The number of fused-ring (bicyclic) bond motifs is 1. The zero-order valence-electron chi connectivity index (χ0n) is 14.9. The van der Waals surface area contributed by atoms with Crippen molar-refractivity contribution >= 4 is 16.8 Å². The Morgan fingerprint density at radius 3 is 2.52 bits per heavy atom. The van der Waals surface area contributed by atoms with E-state index in [1.807, 2.05) is 12.1 Å². The Kier molecular flexibility index (Phi) is 3.87. The van der Waals surface area contributed by atoms with Crippen molar-refractivity contribution in [3.63, 3.8) is 0 Å². The van der Waals surface area contributed by atoms with E-state index in [1.165, 1.54) is 27.7 Å². The van der Waals surface area contributed by atoms with Crippen molar-refractivity contribution in [1.29, 1.82) is 0 Å². The average molecular weight is 332 g/mol. The van der Waals surface area contributed by atoms with Gasteiger partial charge in [0.25, 0.3) is 0 Å².